The van der Waals surface area contributed by atoms with E-state index in [2.05, 4.69) is 0 Å². The predicted molar refractivity (Wildman–Crippen MR) is 81.6 cm³/mol. The molecule has 2 nitrogen and oxygen atoms in total. The van der Waals surface area contributed by atoms with E-state index in [0.717, 1.165) is 0 Å². The molecule has 0 spiro atoms. The number of rotatable bonds is 5. The van der Waals surface area contributed by atoms with Crippen molar-refractivity contribution in [3.63, 3.8) is 0 Å². The van der Waals surface area contributed by atoms with Crippen molar-refractivity contribution in [2.24, 2.45) is 5.73 Å². The van der Waals surface area contributed by atoms with Gasteiger partial charge in [-0.15, -0.1) is 0 Å². The molecule has 0 aliphatic rings. The smallest absolute Gasteiger partial charge is 0.264 e. The Morgan fingerprint density at radius 1 is 1.14 bits per heavy atom. The molecule has 0 aliphatic heterocycles. The molecule has 0 saturated heterocycles. The van der Waals surface area contributed by atoms with Gasteiger partial charge in [0, 0.05) is 5.56 Å². The summed E-state index contributed by atoms with van der Waals surface area (Å²) in [6.07, 6.45) is -2.29. The van der Waals surface area contributed by atoms with Crippen molar-refractivity contribution in [1.29, 1.82) is 0 Å². The summed E-state index contributed by atoms with van der Waals surface area (Å²) in [6, 6.07) is 0. The van der Waals surface area contributed by atoms with Gasteiger partial charge < -0.3 is 5.73 Å². The average molecular weight is 317 g/mol. The van der Waals surface area contributed by atoms with Gasteiger partial charge in [0.2, 0.25) is 5.91 Å². The van der Waals surface area contributed by atoms with Crippen molar-refractivity contribution in [3.05, 3.63) is 28.1 Å². The van der Waals surface area contributed by atoms with E-state index < -0.39 is 26.2 Å². The van der Waals surface area contributed by atoms with Crippen LogP contribution in [0.4, 0.5) is 13.2 Å². The molecule has 0 atom stereocenters. The minimum atomic E-state index is -2.84. The molecule has 1 aromatic carbocycles. The number of carbonyl (C=O) groups is 1. The van der Waals surface area contributed by atoms with Crippen molar-refractivity contribution in [2.45, 2.75) is 52.8 Å². The maximum Gasteiger partial charge on any atom is 0.264 e. The molecule has 0 bridgehead atoms. The molecule has 1 aromatic rings. The van der Waals surface area contributed by atoms with Crippen LogP contribution in [0.15, 0.2) is 0 Å². The van der Waals surface area contributed by atoms with E-state index in [0.29, 0.717) is 6.42 Å². The number of hydrogen-bond donors (Lipinski definition) is 1. The highest BCUT2D eigenvalue weighted by Crippen LogP contribution is 2.32. The van der Waals surface area contributed by atoms with Crippen LogP contribution in [-0.4, -0.2) is 14.0 Å². The Hall–Kier alpha value is -1.30. The Kier molecular flexibility index (Phi) is 5.25. The molecular weight excluding hydrogens is 295 g/mol. The van der Waals surface area contributed by atoms with Crippen LogP contribution in [0.5, 0.6) is 0 Å². The van der Waals surface area contributed by atoms with Gasteiger partial charge in [-0.3, -0.25) is 4.79 Å². The number of hydrogen-bond acceptors (Lipinski definition) is 1. The van der Waals surface area contributed by atoms with E-state index >= 15 is 0 Å². The standard InChI is InChI=1S/C15H22F3NOSi/c1-6-8-9(7-2)12(16)13(21(3,4)5)11(15(19)20)10(8)14(17)18/h14H,6-7H2,1-5H3,(H2,19,20). The number of benzene rings is 1. The first kappa shape index (κ1) is 17.7. The number of nitrogens with two attached hydrogens (primary N) is 1. The van der Waals surface area contributed by atoms with E-state index in [-0.39, 0.29) is 33.9 Å². The third kappa shape index (κ3) is 3.15. The first-order chi connectivity index (χ1) is 9.57. The van der Waals surface area contributed by atoms with Crippen LogP contribution in [0.1, 0.15) is 47.3 Å². The second kappa shape index (κ2) is 6.21. The Labute approximate surface area is 124 Å². The molecule has 21 heavy (non-hydrogen) atoms. The summed E-state index contributed by atoms with van der Waals surface area (Å²) < 4.78 is 41.9. The summed E-state index contributed by atoms with van der Waals surface area (Å²) in [4.78, 5) is 11.8. The van der Waals surface area contributed by atoms with Gasteiger partial charge in [0.05, 0.1) is 13.6 Å². The van der Waals surface area contributed by atoms with Crippen LogP contribution >= 0.6 is 0 Å². The lowest BCUT2D eigenvalue weighted by Crippen LogP contribution is -2.46. The van der Waals surface area contributed by atoms with Crippen molar-refractivity contribution < 1.29 is 18.0 Å². The highest BCUT2D eigenvalue weighted by molar-refractivity contribution is 6.89. The summed E-state index contributed by atoms with van der Waals surface area (Å²) in [6.45, 7) is 8.86. The largest absolute Gasteiger partial charge is 0.366 e. The number of alkyl halides is 2. The lowest BCUT2D eigenvalue weighted by molar-refractivity contribution is 0.0986. The lowest BCUT2D eigenvalue weighted by Gasteiger charge is -2.27. The molecule has 6 heteroatoms. The van der Waals surface area contributed by atoms with Crippen molar-refractivity contribution >= 4 is 19.2 Å². The molecule has 0 heterocycles. The Morgan fingerprint density at radius 3 is 1.90 bits per heavy atom. The second-order valence-electron chi connectivity index (χ2n) is 6.06. The van der Waals surface area contributed by atoms with E-state index in [1.54, 1.807) is 13.8 Å². The van der Waals surface area contributed by atoms with Gasteiger partial charge in [-0.25, -0.2) is 13.2 Å². The molecule has 1 rings (SSSR count). The molecule has 1 amide bonds. The fraction of sp³-hybridized carbons (Fsp3) is 0.533. The van der Waals surface area contributed by atoms with E-state index in [1.807, 2.05) is 19.6 Å². The minimum absolute atomic E-state index is 0.124. The fourth-order valence-electron chi connectivity index (χ4n) is 2.81. The van der Waals surface area contributed by atoms with Crippen LogP contribution < -0.4 is 10.9 Å². The highest BCUT2D eigenvalue weighted by atomic mass is 28.3. The van der Waals surface area contributed by atoms with Crippen LogP contribution in [0.3, 0.4) is 0 Å². The number of primary amides is 1. The SMILES string of the molecule is CCc1c(F)c([Si](C)(C)C)c(C(N)=O)c(C(F)F)c1CC. The predicted octanol–water partition coefficient (Wildman–Crippen LogP) is 3.53. The van der Waals surface area contributed by atoms with Gasteiger partial charge in [-0.2, -0.15) is 0 Å². The summed E-state index contributed by atoms with van der Waals surface area (Å²) in [5.41, 5.74) is 5.16. The third-order valence-electron chi connectivity index (χ3n) is 3.61. The van der Waals surface area contributed by atoms with Gasteiger partial charge >= 0.3 is 0 Å². The zero-order valence-electron chi connectivity index (χ0n) is 13.1. The van der Waals surface area contributed by atoms with Crippen molar-refractivity contribution in [2.75, 3.05) is 0 Å². The first-order valence-electron chi connectivity index (χ1n) is 7.03. The normalized spacial score (nSPS) is 12.0. The maximum atomic E-state index is 14.9. The van der Waals surface area contributed by atoms with E-state index in [9.17, 15) is 18.0 Å². The molecule has 2 N–H and O–H groups in total. The zero-order chi connectivity index (χ0) is 16.5. The van der Waals surface area contributed by atoms with Gasteiger partial charge in [-0.1, -0.05) is 33.5 Å². The molecule has 0 aromatic heterocycles. The Morgan fingerprint density at radius 2 is 1.62 bits per heavy atom. The van der Waals surface area contributed by atoms with Gasteiger partial charge in [0.15, 0.2) is 0 Å². The number of carbonyl (C=O) groups excluding carboxylic acids is 1. The topological polar surface area (TPSA) is 43.1 Å². The molecule has 118 valence electrons. The zero-order valence-corrected chi connectivity index (χ0v) is 14.1. The number of halogens is 3. The van der Waals surface area contributed by atoms with E-state index in [1.165, 1.54) is 0 Å². The van der Waals surface area contributed by atoms with Gasteiger partial charge in [-0.05, 0) is 29.2 Å². The van der Waals surface area contributed by atoms with Crippen LogP contribution in [0.25, 0.3) is 0 Å². The quantitative estimate of drug-likeness (QED) is 0.830. The minimum Gasteiger partial charge on any atom is -0.366 e. The average Bonchev–Trinajstić information content (AvgIpc) is 2.34. The summed E-state index contributed by atoms with van der Waals surface area (Å²) in [5, 5.41) is 0.124. The molecule has 0 fully saturated rings. The second-order valence-corrected chi connectivity index (χ2v) is 11.1. The molecular formula is C15H22F3NOSi. The van der Waals surface area contributed by atoms with Gasteiger partial charge in [0.1, 0.15) is 5.82 Å². The summed E-state index contributed by atoms with van der Waals surface area (Å²) >= 11 is 0. The van der Waals surface area contributed by atoms with Crippen LogP contribution in [0, 0.1) is 5.82 Å². The van der Waals surface area contributed by atoms with Crippen LogP contribution in [-0.2, 0) is 12.8 Å². The maximum absolute atomic E-state index is 14.9. The Bertz CT molecular complexity index is 565. The fourth-order valence-corrected chi connectivity index (χ4v) is 4.63. The van der Waals surface area contributed by atoms with E-state index in [4.69, 9.17) is 5.73 Å². The Balaban J connectivity index is 4.06. The van der Waals surface area contributed by atoms with Crippen molar-refractivity contribution in [3.8, 4) is 0 Å². The molecule has 0 unspecified atom stereocenters. The van der Waals surface area contributed by atoms with Crippen molar-refractivity contribution in [1.82, 2.24) is 0 Å². The third-order valence-corrected chi connectivity index (χ3v) is 5.58. The monoisotopic (exact) mass is 317 g/mol. The number of amides is 1. The molecule has 0 radical (unpaired) electrons. The highest BCUT2D eigenvalue weighted by Gasteiger charge is 2.35. The molecule has 0 aliphatic carbocycles. The summed E-state index contributed by atoms with van der Waals surface area (Å²) in [5.74, 6) is -1.49. The molecule has 0 saturated carbocycles. The van der Waals surface area contributed by atoms with Gasteiger partial charge in [0.25, 0.3) is 6.43 Å². The first-order valence-corrected chi connectivity index (χ1v) is 10.5. The van der Waals surface area contributed by atoms with Crippen LogP contribution in [0.2, 0.25) is 19.6 Å². The summed E-state index contributed by atoms with van der Waals surface area (Å²) in [7, 11) is -2.35. The lowest BCUT2D eigenvalue weighted by atomic mass is 9.92.